The molecule has 0 aliphatic carbocycles. The Labute approximate surface area is 139 Å². The average Bonchev–Trinajstić information content (AvgIpc) is 2.52. The zero-order chi connectivity index (χ0) is 17.2. The summed E-state index contributed by atoms with van der Waals surface area (Å²) in [6.07, 6.45) is 2.15. The number of carbonyl (C=O) groups excluding carboxylic acids is 1. The lowest BCUT2D eigenvalue weighted by Gasteiger charge is -2.17. The topological polar surface area (TPSA) is 73.6 Å². The molecule has 5 nitrogen and oxygen atoms in total. The van der Waals surface area contributed by atoms with Gasteiger partial charge < -0.3 is 20.5 Å². The minimum absolute atomic E-state index is 0.0131. The van der Waals surface area contributed by atoms with Crippen LogP contribution < -0.4 is 20.5 Å². The highest BCUT2D eigenvalue weighted by Gasteiger charge is 2.13. The van der Waals surface area contributed by atoms with Gasteiger partial charge in [-0.1, -0.05) is 19.9 Å². The van der Waals surface area contributed by atoms with E-state index in [9.17, 15) is 4.79 Å². The van der Waals surface area contributed by atoms with Crippen molar-refractivity contribution in [1.29, 1.82) is 0 Å². The molecule has 0 aliphatic heterocycles. The summed E-state index contributed by atoms with van der Waals surface area (Å²) in [4.78, 5) is 11.8. The van der Waals surface area contributed by atoms with Gasteiger partial charge in [-0.2, -0.15) is 0 Å². The zero-order valence-corrected chi connectivity index (χ0v) is 14.7. The Morgan fingerprint density at radius 3 is 2.61 bits per heavy atom. The van der Waals surface area contributed by atoms with Gasteiger partial charge in [-0.25, -0.2) is 0 Å². The second-order valence-corrected chi connectivity index (χ2v) is 6.12. The third-order valence-corrected chi connectivity index (χ3v) is 3.63. The molecular weight excluding hydrogens is 292 g/mol. The standard InChI is InChI=1S/C18H30N2O3/c1-13(2)9-11-23-16-8-7-15(12-17(16)22-4)14(3)20-18(21)6-5-10-19/h7-8,12-14H,5-6,9-11,19H2,1-4H3,(H,20,21). The fraction of sp³-hybridized carbons (Fsp3) is 0.611. The molecule has 23 heavy (non-hydrogen) atoms. The summed E-state index contributed by atoms with van der Waals surface area (Å²) in [5.74, 6) is 2.04. The number of amides is 1. The molecule has 130 valence electrons. The van der Waals surface area contributed by atoms with Crippen molar-refractivity contribution in [3.8, 4) is 11.5 Å². The van der Waals surface area contributed by atoms with Crippen LogP contribution in [0.15, 0.2) is 18.2 Å². The van der Waals surface area contributed by atoms with Crippen molar-refractivity contribution >= 4 is 5.91 Å². The molecule has 0 bridgehead atoms. The van der Waals surface area contributed by atoms with Gasteiger partial charge in [0.2, 0.25) is 5.91 Å². The highest BCUT2D eigenvalue weighted by Crippen LogP contribution is 2.30. The molecule has 0 spiro atoms. The minimum Gasteiger partial charge on any atom is -0.493 e. The van der Waals surface area contributed by atoms with E-state index in [1.807, 2.05) is 25.1 Å². The molecule has 1 rings (SSSR count). The predicted molar refractivity (Wildman–Crippen MR) is 92.8 cm³/mol. The van der Waals surface area contributed by atoms with Gasteiger partial charge in [-0.3, -0.25) is 4.79 Å². The summed E-state index contributed by atoms with van der Waals surface area (Å²) < 4.78 is 11.2. The Bertz CT molecular complexity index is 489. The molecule has 3 N–H and O–H groups in total. The molecule has 0 aliphatic rings. The number of methoxy groups -OCH3 is 1. The summed E-state index contributed by atoms with van der Waals surface area (Å²) >= 11 is 0. The first-order valence-corrected chi connectivity index (χ1v) is 8.28. The fourth-order valence-electron chi connectivity index (χ4n) is 2.14. The van der Waals surface area contributed by atoms with Gasteiger partial charge >= 0.3 is 0 Å². The molecule has 0 saturated carbocycles. The van der Waals surface area contributed by atoms with Crippen molar-refractivity contribution in [3.05, 3.63) is 23.8 Å². The van der Waals surface area contributed by atoms with E-state index >= 15 is 0 Å². The quantitative estimate of drug-likeness (QED) is 0.694. The second-order valence-electron chi connectivity index (χ2n) is 6.12. The number of nitrogens with two attached hydrogens (primary N) is 1. The molecule has 0 radical (unpaired) electrons. The second kappa shape index (κ2) is 10.1. The molecular formula is C18H30N2O3. The van der Waals surface area contributed by atoms with E-state index in [1.54, 1.807) is 7.11 Å². The predicted octanol–water partition coefficient (Wildman–Crippen LogP) is 3.04. The molecule has 1 aromatic carbocycles. The normalized spacial score (nSPS) is 12.1. The zero-order valence-electron chi connectivity index (χ0n) is 14.7. The van der Waals surface area contributed by atoms with Crippen LogP contribution in [0, 0.1) is 5.92 Å². The van der Waals surface area contributed by atoms with E-state index in [4.69, 9.17) is 15.2 Å². The summed E-state index contributed by atoms with van der Waals surface area (Å²) in [6.45, 7) is 7.47. The summed E-state index contributed by atoms with van der Waals surface area (Å²) in [5.41, 5.74) is 6.41. The van der Waals surface area contributed by atoms with Gasteiger partial charge in [-0.15, -0.1) is 0 Å². The summed E-state index contributed by atoms with van der Waals surface area (Å²) in [6, 6.07) is 5.69. The third-order valence-electron chi connectivity index (χ3n) is 3.63. The number of hydrogen-bond acceptors (Lipinski definition) is 4. The van der Waals surface area contributed by atoms with Gasteiger partial charge in [0.25, 0.3) is 0 Å². The lowest BCUT2D eigenvalue weighted by Crippen LogP contribution is -2.26. The van der Waals surface area contributed by atoms with Crippen LogP contribution in [0.2, 0.25) is 0 Å². The van der Waals surface area contributed by atoms with Gasteiger partial charge in [0.05, 0.1) is 19.8 Å². The van der Waals surface area contributed by atoms with Crippen LogP contribution in [0.1, 0.15) is 51.6 Å². The van der Waals surface area contributed by atoms with Crippen molar-refractivity contribution in [1.82, 2.24) is 5.32 Å². The van der Waals surface area contributed by atoms with E-state index in [0.717, 1.165) is 17.7 Å². The minimum atomic E-state index is -0.0844. The monoisotopic (exact) mass is 322 g/mol. The van der Waals surface area contributed by atoms with Gasteiger partial charge in [0.15, 0.2) is 11.5 Å². The Morgan fingerprint density at radius 2 is 2.00 bits per heavy atom. The van der Waals surface area contributed by atoms with Crippen molar-refractivity contribution < 1.29 is 14.3 Å². The first-order chi connectivity index (χ1) is 11.0. The highest BCUT2D eigenvalue weighted by atomic mass is 16.5. The van der Waals surface area contributed by atoms with E-state index in [0.29, 0.717) is 37.7 Å². The number of rotatable bonds is 10. The van der Waals surface area contributed by atoms with Crippen molar-refractivity contribution in [2.75, 3.05) is 20.3 Å². The molecule has 0 aromatic heterocycles. The van der Waals surface area contributed by atoms with Gasteiger partial charge in [0.1, 0.15) is 0 Å². The van der Waals surface area contributed by atoms with Crippen molar-refractivity contribution in [2.45, 2.75) is 46.1 Å². The maximum atomic E-state index is 11.8. The van der Waals surface area contributed by atoms with Crippen LogP contribution in [0.25, 0.3) is 0 Å². The Balaban J connectivity index is 2.68. The number of carbonyl (C=O) groups is 1. The molecule has 1 unspecified atom stereocenters. The number of benzene rings is 1. The highest BCUT2D eigenvalue weighted by molar-refractivity contribution is 5.76. The van der Waals surface area contributed by atoms with Gasteiger partial charge in [0, 0.05) is 6.42 Å². The number of ether oxygens (including phenoxy) is 2. The molecule has 0 saturated heterocycles. The largest absolute Gasteiger partial charge is 0.493 e. The van der Waals surface area contributed by atoms with Crippen LogP contribution in [-0.2, 0) is 4.79 Å². The van der Waals surface area contributed by atoms with E-state index in [1.165, 1.54) is 0 Å². The SMILES string of the molecule is COc1cc(C(C)NC(=O)CCCN)ccc1OCCC(C)C. The molecule has 0 fully saturated rings. The van der Waals surface area contributed by atoms with Crippen LogP contribution in [-0.4, -0.2) is 26.2 Å². The Morgan fingerprint density at radius 1 is 1.26 bits per heavy atom. The Hall–Kier alpha value is -1.75. The Kier molecular flexibility index (Phi) is 8.48. The van der Waals surface area contributed by atoms with E-state index in [-0.39, 0.29) is 11.9 Å². The maximum absolute atomic E-state index is 11.8. The summed E-state index contributed by atoms with van der Waals surface area (Å²) in [7, 11) is 1.62. The summed E-state index contributed by atoms with van der Waals surface area (Å²) in [5, 5.41) is 2.97. The van der Waals surface area contributed by atoms with Crippen LogP contribution in [0.5, 0.6) is 11.5 Å². The van der Waals surface area contributed by atoms with Crippen LogP contribution in [0.4, 0.5) is 0 Å². The lowest BCUT2D eigenvalue weighted by molar-refractivity contribution is -0.121. The number of hydrogen-bond donors (Lipinski definition) is 2. The van der Waals surface area contributed by atoms with Crippen molar-refractivity contribution in [3.63, 3.8) is 0 Å². The van der Waals surface area contributed by atoms with Crippen molar-refractivity contribution in [2.24, 2.45) is 11.7 Å². The first kappa shape index (κ1) is 19.3. The van der Waals surface area contributed by atoms with Crippen LogP contribution >= 0.6 is 0 Å². The molecule has 1 amide bonds. The molecule has 1 atom stereocenters. The third kappa shape index (κ3) is 6.91. The maximum Gasteiger partial charge on any atom is 0.220 e. The number of nitrogens with one attached hydrogen (secondary N) is 1. The fourth-order valence-corrected chi connectivity index (χ4v) is 2.14. The van der Waals surface area contributed by atoms with E-state index in [2.05, 4.69) is 19.2 Å². The van der Waals surface area contributed by atoms with Crippen LogP contribution in [0.3, 0.4) is 0 Å². The molecule has 0 heterocycles. The molecule has 1 aromatic rings. The average molecular weight is 322 g/mol. The lowest BCUT2D eigenvalue weighted by atomic mass is 10.1. The smallest absolute Gasteiger partial charge is 0.220 e. The molecule has 5 heteroatoms. The van der Waals surface area contributed by atoms with E-state index < -0.39 is 0 Å². The van der Waals surface area contributed by atoms with Gasteiger partial charge in [-0.05, 0) is 49.9 Å². The first-order valence-electron chi connectivity index (χ1n) is 8.28.